The summed E-state index contributed by atoms with van der Waals surface area (Å²) in [5.74, 6) is 0. The second-order valence-corrected chi connectivity index (χ2v) is 3.16. The van der Waals surface area contributed by atoms with Gasteiger partial charge in [0.2, 0.25) is 0 Å². The van der Waals surface area contributed by atoms with Gasteiger partial charge in [-0.1, -0.05) is 26.7 Å². The van der Waals surface area contributed by atoms with Gasteiger partial charge in [0.1, 0.15) is 0 Å². The number of carbonyl (C=O) groups is 1. The molecule has 0 aromatic carbocycles. The van der Waals surface area contributed by atoms with E-state index < -0.39 is 0 Å². The van der Waals surface area contributed by atoms with Crippen LogP contribution < -0.4 is 0 Å². The third-order valence-electron chi connectivity index (χ3n) is 2.00. The highest BCUT2D eigenvalue weighted by Crippen LogP contribution is 2.00. The van der Waals surface area contributed by atoms with Crippen molar-refractivity contribution in [1.29, 1.82) is 0 Å². The normalized spacial score (nSPS) is 9.77. The summed E-state index contributed by atoms with van der Waals surface area (Å²) >= 11 is 0. The molecular weight excluding hydrogens is 166 g/mol. The third-order valence-corrected chi connectivity index (χ3v) is 2.00. The molecule has 0 saturated carbocycles. The fraction of sp³-hybridized carbons (Fsp3) is 0.900. The lowest BCUT2D eigenvalue weighted by molar-refractivity contribution is 0.122. The smallest absolute Gasteiger partial charge is 0.409 e. The third kappa shape index (κ3) is 5.50. The molecule has 0 aliphatic rings. The second-order valence-electron chi connectivity index (χ2n) is 3.16. The first-order valence-electron chi connectivity index (χ1n) is 5.09. The molecule has 0 fully saturated rings. The summed E-state index contributed by atoms with van der Waals surface area (Å²) in [5, 5.41) is 0. The highest BCUT2D eigenvalue weighted by Gasteiger charge is 2.11. The lowest BCUT2D eigenvalue weighted by atomic mass is 10.3. The number of hydrogen-bond acceptors (Lipinski definition) is 2. The zero-order chi connectivity index (χ0) is 10.1. The van der Waals surface area contributed by atoms with Gasteiger partial charge in [-0.25, -0.2) is 4.79 Å². The van der Waals surface area contributed by atoms with Crippen molar-refractivity contribution < 1.29 is 9.53 Å². The SMILES string of the molecule is CCCCN(CCCC)C(=O)OC. The Hall–Kier alpha value is -0.730. The number of methoxy groups -OCH3 is 1. The maximum Gasteiger partial charge on any atom is 0.409 e. The van der Waals surface area contributed by atoms with Gasteiger partial charge in [0.15, 0.2) is 0 Å². The van der Waals surface area contributed by atoms with E-state index in [-0.39, 0.29) is 6.09 Å². The van der Waals surface area contributed by atoms with Crippen molar-refractivity contribution in [2.45, 2.75) is 39.5 Å². The van der Waals surface area contributed by atoms with Gasteiger partial charge in [-0.2, -0.15) is 0 Å². The molecule has 0 saturated heterocycles. The van der Waals surface area contributed by atoms with E-state index in [1.807, 2.05) is 0 Å². The molecule has 0 radical (unpaired) electrons. The molecule has 13 heavy (non-hydrogen) atoms. The van der Waals surface area contributed by atoms with Crippen molar-refractivity contribution in [2.24, 2.45) is 0 Å². The van der Waals surface area contributed by atoms with Crippen LogP contribution in [0.4, 0.5) is 4.79 Å². The Bertz CT molecular complexity index is 129. The first kappa shape index (κ1) is 12.3. The Labute approximate surface area is 81.1 Å². The molecule has 0 N–H and O–H groups in total. The average molecular weight is 187 g/mol. The van der Waals surface area contributed by atoms with Crippen LogP contribution in [0.15, 0.2) is 0 Å². The summed E-state index contributed by atoms with van der Waals surface area (Å²) in [6.45, 7) is 5.89. The van der Waals surface area contributed by atoms with Crippen LogP contribution >= 0.6 is 0 Å². The molecule has 0 rings (SSSR count). The number of carbonyl (C=O) groups excluding carboxylic acids is 1. The van der Waals surface area contributed by atoms with Crippen LogP contribution in [0.1, 0.15) is 39.5 Å². The van der Waals surface area contributed by atoms with Gasteiger partial charge < -0.3 is 9.64 Å². The van der Waals surface area contributed by atoms with Crippen molar-refractivity contribution >= 4 is 6.09 Å². The predicted octanol–water partition coefficient (Wildman–Crippen LogP) is 2.66. The highest BCUT2D eigenvalue weighted by atomic mass is 16.5. The van der Waals surface area contributed by atoms with E-state index in [0.717, 1.165) is 38.8 Å². The molecule has 0 aliphatic carbocycles. The first-order chi connectivity index (χ1) is 6.26. The van der Waals surface area contributed by atoms with E-state index in [1.165, 1.54) is 7.11 Å². The Kier molecular flexibility index (Phi) is 7.45. The highest BCUT2D eigenvalue weighted by molar-refractivity contribution is 5.67. The molecule has 0 aliphatic heterocycles. The van der Waals surface area contributed by atoms with E-state index in [9.17, 15) is 4.79 Å². The van der Waals surface area contributed by atoms with Crippen molar-refractivity contribution in [1.82, 2.24) is 4.90 Å². The van der Waals surface area contributed by atoms with Gasteiger partial charge in [-0.3, -0.25) is 0 Å². The van der Waals surface area contributed by atoms with Crippen LogP contribution in [0.25, 0.3) is 0 Å². The number of hydrogen-bond donors (Lipinski definition) is 0. The summed E-state index contributed by atoms with van der Waals surface area (Å²) in [6.07, 6.45) is 4.14. The van der Waals surface area contributed by atoms with E-state index in [1.54, 1.807) is 4.90 Å². The zero-order valence-electron chi connectivity index (χ0n) is 9.01. The number of ether oxygens (including phenoxy) is 1. The number of amides is 1. The molecule has 0 heterocycles. The average Bonchev–Trinajstić information content (AvgIpc) is 2.17. The summed E-state index contributed by atoms with van der Waals surface area (Å²) < 4.78 is 4.69. The van der Waals surface area contributed by atoms with Crippen molar-refractivity contribution in [2.75, 3.05) is 20.2 Å². The lowest BCUT2D eigenvalue weighted by Gasteiger charge is -2.20. The summed E-state index contributed by atoms with van der Waals surface area (Å²) in [4.78, 5) is 13.0. The van der Waals surface area contributed by atoms with Gasteiger partial charge in [0.25, 0.3) is 0 Å². The summed E-state index contributed by atoms with van der Waals surface area (Å²) in [6, 6.07) is 0. The maximum atomic E-state index is 11.2. The summed E-state index contributed by atoms with van der Waals surface area (Å²) in [7, 11) is 1.44. The quantitative estimate of drug-likeness (QED) is 0.639. The van der Waals surface area contributed by atoms with Gasteiger partial charge in [0.05, 0.1) is 7.11 Å². The number of unbranched alkanes of at least 4 members (excludes halogenated alkanes) is 2. The van der Waals surface area contributed by atoms with Crippen molar-refractivity contribution in [3.63, 3.8) is 0 Å². The minimum atomic E-state index is -0.193. The minimum absolute atomic E-state index is 0.193. The molecule has 78 valence electrons. The van der Waals surface area contributed by atoms with E-state index >= 15 is 0 Å². The lowest BCUT2D eigenvalue weighted by Crippen LogP contribution is -2.32. The summed E-state index contributed by atoms with van der Waals surface area (Å²) in [5.41, 5.74) is 0. The second kappa shape index (κ2) is 7.90. The molecule has 3 heteroatoms. The zero-order valence-corrected chi connectivity index (χ0v) is 9.01. The molecule has 0 aromatic heterocycles. The van der Waals surface area contributed by atoms with Gasteiger partial charge in [-0.05, 0) is 12.8 Å². The maximum absolute atomic E-state index is 11.2. The molecule has 0 spiro atoms. The van der Waals surface area contributed by atoms with Crippen LogP contribution in [0.3, 0.4) is 0 Å². The molecule has 1 amide bonds. The van der Waals surface area contributed by atoms with Crippen LogP contribution in [-0.4, -0.2) is 31.2 Å². The van der Waals surface area contributed by atoms with Gasteiger partial charge >= 0.3 is 6.09 Å². The van der Waals surface area contributed by atoms with Gasteiger partial charge in [0, 0.05) is 13.1 Å². The molecule has 0 bridgehead atoms. The Morgan fingerprint density at radius 2 is 1.62 bits per heavy atom. The predicted molar refractivity (Wildman–Crippen MR) is 53.8 cm³/mol. The van der Waals surface area contributed by atoms with E-state index in [0.29, 0.717) is 0 Å². The molecule has 0 unspecified atom stereocenters. The molecule has 3 nitrogen and oxygen atoms in total. The molecule has 0 atom stereocenters. The van der Waals surface area contributed by atoms with Crippen LogP contribution in [0.2, 0.25) is 0 Å². The minimum Gasteiger partial charge on any atom is -0.453 e. The Morgan fingerprint density at radius 1 is 1.15 bits per heavy atom. The monoisotopic (exact) mass is 187 g/mol. The standard InChI is InChI=1S/C10H21NO2/c1-4-6-8-11(9-7-5-2)10(12)13-3/h4-9H2,1-3H3. The molecule has 0 aromatic rings. The van der Waals surface area contributed by atoms with Crippen LogP contribution in [0.5, 0.6) is 0 Å². The van der Waals surface area contributed by atoms with Crippen molar-refractivity contribution in [3.05, 3.63) is 0 Å². The van der Waals surface area contributed by atoms with E-state index in [4.69, 9.17) is 4.74 Å². The van der Waals surface area contributed by atoms with Crippen LogP contribution in [-0.2, 0) is 4.74 Å². The van der Waals surface area contributed by atoms with Gasteiger partial charge in [-0.15, -0.1) is 0 Å². The Morgan fingerprint density at radius 3 is 1.92 bits per heavy atom. The van der Waals surface area contributed by atoms with E-state index in [2.05, 4.69) is 13.8 Å². The van der Waals surface area contributed by atoms with Crippen LogP contribution in [0, 0.1) is 0 Å². The largest absolute Gasteiger partial charge is 0.453 e. The molecular formula is C10H21NO2. The fourth-order valence-corrected chi connectivity index (χ4v) is 1.12. The van der Waals surface area contributed by atoms with Crippen molar-refractivity contribution in [3.8, 4) is 0 Å². The number of rotatable bonds is 6. The topological polar surface area (TPSA) is 29.5 Å². The first-order valence-corrected chi connectivity index (χ1v) is 5.09. The number of nitrogens with zero attached hydrogens (tertiary/aromatic N) is 1. The Balaban J connectivity index is 3.79. The fourth-order valence-electron chi connectivity index (χ4n) is 1.12.